The maximum absolute atomic E-state index is 13.5. The maximum Gasteiger partial charge on any atom is 0.298 e. The molecule has 0 saturated heterocycles. The molecule has 1 unspecified atom stereocenters. The van der Waals surface area contributed by atoms with E-state index in [4.69, 9.17) is 11.5 Å². The lowest BCUT2D eigenvalue weighted by Gasteiger charge is -2.11. The fourth-order valence-electron chi connectivity index (χ4n) is 1.35. The molecular formula is C10H10F2N4O4. The van der Waals surface area contributed by atoms with Gasteiger partial charge in [0.1, 0.15) is 5.82 Å². The fourth-order valence-corrected chi connectivity index (χ4v) is 1.35. The van der Waals surface area contributed by atoms with Crippen molar-refractivity contribution >= 4 is 23.2 Å². The molecule has 1 aromatic carbocycles. The van der Waals surface area contributed by atoms with Crippen LogP contribution in [0.4, 0.5) is 20.2 Å². The highest BCUT2D eigenvalue weighted by atomic mass is 19.1. The minimum absolute atomic E-state index is 0.363. The van der Waals surface area contributed by atoms with Crippen LogP contribution in [0.2, 0.25) is 0 Å². The number of nitrogens with one attached hydrogen (secondary N) is 1. The predicted octanol–water partition coefficient (Wildman–Crippen LogP) is 0.0142. The molecule has 1 aromatic rings. The minimum atomic E-state index is -1.41. The summed E-state index contributed by atoms with van der Waals surface area (Å²) in [4.78, 5) is 31.7. The van der Waals surface area contributed by atoms with E-state index in [-0.39, 0.29) is 0 Å². The van der Waals surface area contributed by atoms with Crippen molar-refractivity contribution in [2.45, 2.75) is 12.5 Å². The van der Waals surface area contributed by atoms with Crippen molar-refractivity contribution in [1.82, 2.24) is 0 Å². The number of carbonyl (C=O) groups excluding carboxylic acids is 2. The monoisotopic (exact) mass is 288 g/mol. The van der Waals surface area contributed by atoms with Crippen LogP contribution in [0.5, 0.6) is 0 Å². The van der Waals surface area contributed by atoms with E-state index in [0.717, 1.165) is 0 Å². The zero-order valence-electron chi connectivity index (χ0n) is 9.93. The normalized spacial score (nSPS) is 11.8. The summed E-state index contributed by atoms with van der Waals surface area (Å²) < 4.78 is 26.4. The first-order chi connectivity index (χ1) is 9.22. The van der Waals surface area contributed by atoms with Crippen molar-refractivity contribution in [3.63, 3.8) is 0 Å². The van der Waals surface area contributed by atoms with E-state index in [1.165, 1.54) is 0 Å². The quantitative estimate of drug-likeness (QED) is 0.517. The predicted molar refractivity (Wildman–Crippen MR) is 63.4 cm³/mol. The van der Waals surface area contributed by atoms with E-state index in [9.17, 15) is 28.5 Å². The summed E-state index contributed by atoms with van der Waals surface area (Å²) in [5.74, 6) is -4.44. The van der Waals surface area contributed by atoms with E-state index in [0.29, 0.717) is 12.1 Å². The van der Waals surface area contributed by atoms with Crippen LogP contribution < -0.4 is 16.8 Å². The lowest BCUT2D eigenvalue weighted by Crippen LogP contribution is -2.39. The molecule has 10 heteroatoms. The Morgan fingerprint density at radius 2 is 2.00 bits per heavy atom. The molecule has 0 heterocycles. The summed E-state index contributed by atoms with van der Waals surface area (Å²) >= 11 is 0. The van der Waals surface area contributed by atoms with E-state index in [1.54, 1.807) is 0 Å². The van der Waals surface area contributed by atoms with Gasteiger partial charge in [0.05, 0.1) is 23.5 Å². The number of anilines is 1. The molecule has 0 saturated carbocycles. The van der Waals surface area contributed by atoms with Crippen LogP contribution in [0.1, 0.15) is 6.42 Å². The van der Waals surface area contributed by atoms with Crippen molar-refractivity contribution < 1.29 is 23.3 Å². The summed E-state index contributed by atoms with van der Waals surface area (Å²) in [6, 6.07) is -0.600. The molecule has 0 fully saturated rings. The molecule has 0 aromatic heterocycles. The van der Waals surface area contributed by atoms with Gasteiger partial charge in [-0.2, -0.15) is 0 Å². The van der Waals surface area contributed by atoms with Crippen LogP contribution >= 0.6 is 0 Å². The molecule has 108 valence electrons. The molecule has 1 rings (SSSR count). The number of nitrogens with two attached hydrogens (primary N) is 2. The largest absolute Gasteiger partial charge is 0.370 e. The van der Waals surface area contributed by atoms with Gasteiger partial charge in [-0.25, -0.2) is 8.78 Å². The molecular weight excluding hydrogens is 278 g/mol. The molecule has 0 aliphatic carbocycles. The summed E-state index contributed by atoms with van der Waals surface area (Å²) in [5, 5.41) is 12.5. The number of nitrogens with zero attached hydrogens (tertiary/aromatic N) is 1. The van der Waals surface area contributed by atoms with Gasteiger partial charge in [0.25, 0.3) is 5.69 Å². The van der Waals surface area contributed by atoms with Gasteiger partial charge in [-0.3, -0.25) is 19.7 Å². The zero-order chi connectivity index (χ0) is 15.4. The van der Waals surface area contributed by atoms with Crippen LogP contribution in [0.15, 0.2) is 12.1 Å². The van der Waals surface area contributed by atoms with Crippen molar-refractivity contribution in [3.05, 3.63) is 33.9 Å². The van der Waals surface area contributed by atoms with Crippen LogP contribution in [0, 0.1) is 21.7 Å². The lowest BCUT2D eigenvalue weighted by atomic mass is 10.2. The standard InChI is InChI=1S/C10H10F2N4O4/c11-4-1-5(12)9(7(2-4)16(19)20)15-10(18)6(13)3-8(14)17/h1-2,6H,3,13H2,(H2,14,17)(H,15,18). The lowest BCUT2D eigenvalue weighted by molar-refractivity contribution is -0.384. The molecule has 8 nitrogen and oxygen atoms in total. The summed E-state index contributed by atoms with van der Waals surface area (Å²) in [7, 11) is 0. The van der Waals surface area contributed by atoms with Crippen molar-refractivity contribution in [2.24, 2.45) is 11.5 Å². The van der Waals surface area contributed by atoms with Crippen LogP contribution in [0.3, 0.4) is 0 Å². The highest BCUT2D eigenvalue weighted by Crippen LogP contribution is 2.28. The number of rotatable bonds is 5. The Morgan fingerprint density at radius 1 is 1.40 bits per heavy atom. The maximum atomic E-state index is 13.5. The molecule has 2 amide bonds. The Morgan fingerprint density at radius 3 is 2.50 bits per heavy atom. The van der Waals surface area contributed by atoms with Gasteiger partial charge in [-0.15, -0.1) is 0 Å². The second-order valence-electron chi connectivity index (χ2n) is 3.81. The number of nitro benzene ring substituents is 1. The second-order valence-corrected chi connectivity index (χ2v) is 3.81. The van der Waals surface area contributed by atoms with E-state index >= 15 is 0 Å². The molecule has 1 atom stereocenters. The number of hydrogen-bond acceptors (Lipinski definition) is 5. The fraction of sp³-hybridized carbons (Fsp3) is 0.200. The van der Waals surface area contributed by atoms with Crippen molar-refractivity contribution in [1.29, 1.82) is 0 Å². The second kappa shape index (κ2) is 6.02. The number of carbonyl (C=O) groups is 2. The Balaban J connectivity index is 3.05. The van der Waals surface area contributed by atoms with Gasteiger partial charge in [0, 0.05) is 6.07 Å². The van der Waals surface area contributed by atoms with E-state index < -0.39 is 52.2 Å². The Labute approximate surface area is 110 Å². The average Bonchev–Trinajstić information content (AvgIpc) is 2.30. The van der Waals surface area contributed by atoms with Crippen LogP contribution in [-0.4, -0.2) is 22.8 Å². The smallest absolute Gasteiger partial charge is 0.298 e. The first-order valence-corrected chi connectivity index (χ1v) is 5.20. The molecule has 0 aliphatic rings. The van der Waals surface area contributed by atoms with Gasteiger partial charge >= 0.3 is 0 Å². The first kappa shape index (κ1) is 15.4. The molecule has 0 radical (unpaired) electrons. The van der Waals surface area contributed by atoms with Crippen LogP contribution in [-0.2, 0) is 9.59 Å². The Bertz CT molecular complexity index is 579. The van der Waals surface area contributed by atoms with E-state index in [1.807, 2.05) is 5.32 Å². The third-order valence-corrected chi connectivity index (χ3v) is 2.24. The number of nitro groups is 1. The van der Waals surface area contributed by atoms with E-state index in [2.05, 4.69) is 0 Å². The minimum Gasteiger partial charge on any atom is -0.370 e. The topological polar surface area (TPSA) is 141 Å². The van der Waals surface area contributed by atoms with Gasteiger partial charge in [-0.05, 0) is 0 Å². The molecule has 5 N–H and O–H groups in total. The Kier molecular flexibility index (Phi) is 4.64. The third-order valence-electron chi connectivity index (χ3n) is 2.24. The van der Waals surface area contributed by atoms with Crippen molar-refractivity contribution in [2.75, 3.05) is 5.32 Å². The number of benzene rings is 1. The first-order valence-electron chi connectivity index (χ1n) is 5.20. The van der Waals surface area contributed by atoms with Gasteiger partial charge in [-0.1, -0.05) is 0 Å². The molecule has 0 bridgehead atoms. The molecule has 20 heavy (non-hydrogen) atoms. The van der Waals surface area contributed by atoms with Gasteiger partial charge < -0.3 is 16.8 Å². The summed E-state index contributed by atoms with van der Waals surface area (Å²) in [6.45, 7) is 0. The molecule has 0 aliphatic heterocycles. The highest BCUT2D eigenvalue weighted by molar-refractivity contribution is 5.98. The number of primary amides is 1. The highest BCUT2D eigenvalue weighted by Gasteiger charge is 2.25. The zero-order valence-corrected chi connectivity index (χ0v) is 9.93. The summed E-state index contributed by atoms with van der Waals surface area (Å²) in [6.07, 6.45) is -0.525. The SMILES string of the molecule is NC(=O)CC(N)C(=O)Nc1c(F)cc(F)cc1[N+](=O)[O-]. The van der Waals surface area contributed by atoms with Crippen LogP contribution in [0.25, 0.3) is 0 Å². The number of hydrogen-bond donors (Lipinski definition) is 3. The third kappa shape index (κ3) is 3.68. The van der Waals surface area contributed by atoms with Crippen molar-refractivity contribution in [3.8, 4) is 0 Å². The Hall–Kier alpha value is -2.62. The number of amides is 2. The number of halogens is 2. The average molecular weight is 288 g/mol. The van der Waals surface area contributed by atoms with Gasteiger partial charge in [0.15, 0.2) is 11.5 Å². The van der Waals surface area contributed by atoms with Gasteiger partial charge in [0.2, 0.25) is 11.8 Å². The molecule has 0 spiro atoms. The summed E-state index contributed by atoms with van der Waals surface area (Å²) in [5.41, 5.74) is 8.31.